The Labute approximate surface area is 103 Å². The highest BCUT2D eigenvalue weighted by atomic mass is 16.2. The van der Waals surface area contributed by atoms with Crippen molar-refractivity contribution < 1.29 is 4.79 Å². The average molecular weight is 232 g/mol. The van der Waals surface area contributed by atoms with Gasteiger partial charge in [-0.1, -0.05) is 19.1 Å². The van der Waals surface area contributed by atoms with E-state index in [0.717, 1.165) is 31.6 Å². The van der Waals surface area contributed by atoms with E-state index < -0.39 is 0 Å². The first kappa shape index (κ1) is 12.0. The summed E-state index contributed by atoms with van der Waals surface area (Å²) in [6, 6.07) is 8.03. The third-order valence-corrected chi connectivity index (χ3v) is 3.41. The molecule has 1 aromatic carbocycles. The van der Waals surface area contributed by atoms with Gasteiger partial charge >= 0.3 is 0 Å². The van der Waals surface area contributed by atoms with Gasteiger partial charge < -0.3 is 10.6 Å². The van der Waals surface area contributed by atoms with Gasteiger partial charge in [-0.25, -0.2) is 0 Å². The Morgan fingerprint density at radius 3 is 2.76 bits per heavy atom. The van der Waals surface area contributed by atoms with Crippen LogP contribution in [0.25, 0.3) is 0 Å². The number of likely N-dealkylation sites (tertiary alicyclic amines) is 1. The molecule has 92 valence electrons. The van der Waals surface area contributed by atoms with E-state index in [4.69, 9.17) is 5.73 Å². The molecule has 0 aliphatic carbocycles. The second kappa shape index (κ2) is 5.21. The molecule has 3 nitrogen and oxygen atoms in total. The molecule has 0 saturated carbocycles. The highest BCUT2D eigenvalue weighted by Gasteiger charge is 2.26. The predicted octanol–water partition coefficient (Wildman–Crippen LogP) is 2.38. The summed E-state index contributed by atoms with van der Waals surface area (Å²) in [7, 11) is 0. The van der Waals surface area contributed by atoms with Crippen molar-refractivity contribution in [3.8, 4) is 0 Å². The molecule has 1 unspecified atom stereocenters. The summed E-state index contributed by atoms with van der Waals surface area (Å²) in [5, 5.41) is 0. The van der Waals surface area contributed by atoms with Gasteiger partial charge in [-0.15, -0.1) is 0 Å². The van der Waals surface area contributed by atoms with Crippen LogP contribution < -0.4 is 5.73 Å². The Morgan fingerprint density at radius 1 is 1.41 bits per heavy atom. The molecule has 0 aromatic heterocycles. The maximum atomic E-state index is 11.8. The molecule has 3 heteroatoms. The van der Waals surface area contributed by atoms with Crippen LogP contribution in [0.5, 0.6) is 0 Å². The molecule has 1 heterocycles. The molecule has 0 spiro atoms. The number of carbonyl (C=O) groups excluding carboxylic acids is 1. The monoisotopic (exact) mass is 232 g/mol. The highest BCUT2D eigenvalue weighted by molar-refractivity contribution is 5.76. The van der Waals surface area contributed by atoms with Gasteiger partial charge in [-0.3, -0.25) is 4.79 Å². The van der Waals surface area contributed by atoms with E-state index in [-0.39, 0.29) is 0 Å². The van der Waals surface area contributed by atoms with Crippen LogP contribution in [0.3, 0.4) is 0 Å². The number of hydrogen-bond donors (Lipinski definition) is 1. The van der Waals surface area contributed by atoms with Crippen LogP contribution in [0, 0.1) is 0 Å². The van der Waals surface area contributed by atoms with E-state index >= 15 is 0 Å². The topological polar surface area (TPSA) is 46.3 Å². The fraction of sp³-hybridized carbons (Fsp3) is 0.500. The number of benzene rings is 1. The molecule has 1 aromatic rings. The van der Waals surface area contributed by atoms with Crippen molar-refractivity contribution in [2.24, 2.45) is 0 Å². The summed E-state index contributed by atoms with van der Waals surface area (Å²) in [6.45, 7) is 3.81. The summed E-state index contributed by atoms with van der Waals surface area (Å²) in [5.74, 6) is 0.779. The summed E-state index contributed by atoms with van der Waals surface area (Å²) in [6.07, 6.45) is 2.68. The first-order valence-electron chi connectivity index (χ1n) is 6.34. The molecule has 2 N–H and O–H groups in total. The molecule has 0 radical (unpaired) electrons. The van der Waals surface area contributed by atoms with Crippen LogP contribution in [0.2, 0.25) is 0 Å². The zero-order valence-corrected chi connectivity index (χ0v) is 10.4. The Kier molecular flexibility index (Phi) is 3.67. The van der Waals surface area contributed by atoms with Gasteiger partial charge in [0.1, 0.15) is 0 Å². The zero-order valence-electron chi connectivity index (χ0n) is 10.4. The van der Waals surface area contributed by atoms with Gasteiger partial charge in [0.05, 0.1) is 0 Å². The van der Waals surface area contributed by atoms with Crippen molar-refractivity contribution in [3.63, 3.8) is 0 Å². The third-order valence-electron chi connectivity index (χ3n) is 3.41. The number of hydrogen-bond acceptors (Lipinski definition) is 2. The Hall–Kier alpha value is -1.51. The van der Waals surface area contributed by atoms with Crippen LogP contribution >= 0.6 is 0 Å². The minimum absolute atomic E-state index is 0.297. The lowest BCUT2D eigenvalue weighted by atomic mass is 9.98. The fourth-order valence-corrected chi connectivity index (χ4v) is 2.40. The molecule has 0 bridgehead atoms. The van der Waals surface area contributed by atoms with Crippen molar-refractivity contribution in [2.75, 3.05) is 18.8 Å². The van der Waals surface area contributed by atoms with Crippen molar-refractivity contribution >= 4 is 11.6 Å². The van der Waals surface area contributed by atoms with Crippen LogP contribution in [0.1, 0.15) is 37.7 Å². The molecule has 1 fully saturated rings. The SMILES string of the molecule is CCCC(=O)N1CCC(c2ccc(N)cc2)C1. The van der Waals surface area contributed by atoms with Crippen LogP contribution in [-0.2, 0) is 4.79 Å². The normalized spacial score (nSPS) is 19.6. The number of rotatable bonds is 3. The standard InChI is InChI=1S/C14H20N2O/c1-2-3-14(17)16-9-8-12(10-16)11-4-6-13(15)7-5-11/h4-7,12H,2-3,8-10,15H2,1H3. The van der Waals surface area contributed by atoms with Crippen LogP contribution in [-0.4, -0.2) is 23.9 Å². The molecular formula is C14H20N2O. The largest absolute Gasteiger partial charge is 0.399 e. The lowest BCUT2D eigenvalue weighted by molar-refractivity contribution is -0.130. The predicted molar refractivity (Wildman–Crippen MR) is 69.7 cm³/mol. The van der Waals surface area contributed by atoms with Gasteiger partial charge in [0.2, 0.25) is 5.91 Å². The third kappa shape index (κ3) is 2.78. The van der Waals surface area contributed by atoms with Crippen LogP contribution in [0.4, 0.5) is 5.69 Å². The number of carbonyl (C=O) groups is 1. The van der Waals surface area contributed by atoms with E-state index in [9.17, 15) is 4.79 Å². The van der Waals surface area contributed by atoms with Crippen molar-refractivity contribution in [1.29, 1.82) is 0 Å². The van der Waals surface area contributed by atoms with Crippen LogP contribution in [0.15, 0.2) is 24.3 Å². The number of nitrogens with two attached hydrogens (primary N) is 1. The second-order valence-corrected chi connectivity index (χ2v) is 4.74. The number of amides is 1. The van der Waals surface area contributed by atoms with E-state index in [1.54, 1.807) is 0 Å². The van der Waals surface area contributed by atoms with Gasteiger partial charge in [0, 0.05) is 31.1 Å². The number of anilines is 1. The lowest BCUT2D eigenvalue weighted by Crippen LogP contribution is -2.27. The highest BCUT2D eigenvalue weighted by Crippen LogP contribution is 2.28. The van der Waals surface area contributed by atoms with Crippen molar-refractivity contribution in [2.45, 2.75) is 32.1 Å². The minimum Gasteiger partial charge on any atom is -0.399 e. The summed E-state index contributed by atoms with van der Waals surface area (Å²) in [4.78, 5) is 13.8. The quantitative estimate of drug-likeness (QED) is 0.813. The van der Waals surface area contributed by atoms with E-state index in [0.29, 0.717) is 18.2 Å². The van der Waals surface area contributed by atoms with Crippen molar-refractivity contribution in [1.82, 2.24) is 4.90 Å². The van der Waals surface area contributed by atoms with Crippen molar-refractivity contribution in [3.05, 3.63) is 29.8 Å². The Balaban J connectivity index is 1.98. The zero-order chi connectivity index (χ0) is 12.3. The van der Waals surface area contributed by atoms with E-state index in [1.807, 2.05) is 24.0 Å². The smallest absolute Gasteiger partial charge is 0.222 e. The molecular weight excluding hydrogens is 212 g/mol. The Bertz CT molecular complexity index is 386. The average Bonchev–Trinajstić information content (AvgIpc) is 2.80. The summed E-state index contributed by atoms with van der Waals surface area (Å²) in [5.41, 5.74) is 7.77. The fourth-order valence-electron chi connectivity index (χ4n) is 2.40. The minimum atomic E-state index is 0.297. The molecule has 2 rings (SSSR count). The summed E-state index contributed by atoms with van der Waals surface area (Å²) >= 11 is 0. The van der Waals surface area contributed by atoms with Gasteiger partial charge in [0.25, 0.3) is 0 Å². The maximum Gasteiger partial charge on any atom is 0.222 e. The second-order valence-electron chi connectivity index (χ2n) is 4.74. The van der Waals surface area contributed by atoms with Gasteiger partial charge in [0.15, 0.2) is 0 Å². The first-order chi connectivity index (χ1) is 8.20. The number of nitrogens with zero attached hydrogens (tertiary/aromatic N) is 1. The number of nitrogen functional groups attached to an aromatic ring is 1. The molecule has 1 aliphatic rings. The first-order valence-corrected chi connectivity index (χ1v) is 6.34. The molecule has 1 atom stereocenters. The van der Waals surface area contributed by atoms with Gasteiger partial charge in [-0.2, -0.15) is 0 Å². The molecule has 1 saturated heterocycles. The lowest BCUT2D eigenvalue weighted by Gasteiger charge is -2.16. The molecule has 17 heavy (non-hydrogen) atoms. The Morgan fingerprint density at radius 2 is 2.12 bits per heavy atom. The summed E-state index contributed by atoms with van der Waals surface area (Å²) < 4.78 is 0. The van der Waals surface area contributed by atoms with Gasteiger partial charge in [-0.05, 0) is 30.5 Å². The molecule has 1 amide bonds. The van der Waals surface area contributed by atoms with E-state index in [2.05, 4.69) is 12.1 Å². The molecule has 1 aliphatic heterocycles. The van der Waals surface area contributed by atoms with E-state index in [1.165, 1.54) is 5.56 Å². The maximum absolute atomic E-state index is 11.8.